The van der Waals surface area contributed by atoms with Gasteiger partial charge in [0.05, 0.1) is 16.4 Å². The second kappa shape index (κ2) is 2.10. The Morgan fingerprint density at radius 2 is 2.27 bits per heavy atom. The smallest absolute Gasteiger partial charge is 0.0642 e. The highest BCUT2D eigenvalue weighted by molar-refractivity contribution is 7.10. The largest absolute Gasteiger partial charge is 0.419 e. The number of rotatable bonds is 0. The zero-order valence-electron chi connectivity index (χ0n) is 5.61. The minimum absolute atomic E-state index is 0.472. The maximum atomic E-state index is 9.02. The van der Waals surface area contributed by atoms with E-state index < -0.39 is 0 Å². The lowest BCUT2D eigenvalue weighted by Gasteiger charge is -1.89. The number of benzene rings is 1. The highest BCUT2D eigenvalue weighted by Gasteiger charge is 2.04. The maximum absolute atomic E-state index is 9.02. The quantitative estimate of drug-likeness (QED) is 0.570. The van der Waals surface area contributed by atoms with Crippen LogP contribution in [0.4, 0.5) is 0 Å². The molecule has 1 heterocycles. The first-order chi connectivity index (χ1) is 5.25. The summed E-state index contributed by atoms with van der Waals surface area (Å²) in [7, 11) is 0. The van der Waals surface area contributed by atoms with Gasteiger partial charge in [0.1, 0.15) is 0 Å². The van der Waals surface area contributed by atoms with Gasteiger partial charge in [0.15, 0.2) is 0 Å². The normalized spacial score (nSPS) is 10.5. The molecular formula is C7H6N2OS. The topological polar surface area (TPSA) is 49.0 Å². The molecule has 2 rings (SSSR count). The van der Waals surface area contributed by atoms with E-state index in [4.69, 9.17) is 10.6 Å². The van der Waals surface area contributed by atoms with Crippen molar-refractivity contribution in [1.29, 1.82) is 5.41 Å². The second-order valence-corrected chi connectivity index (χ2v) is 3.27. The van der Waals surface area contributed by atoms with Gasteiger partial charge in [0.2, 0.25) is 0 Å². The van der Waals surface area contributed by atoms with Crippen molar-refractivity contribution in [3.05, 3.63) is 29.8 Å². The minimum Gasteiger partial charge on any atom is -0.419 e. The van der Waals surface area contributed by atoms with Gasteiger partial charge in [0.25, 0.3) is 0 Å². The van der Waals surface area contributed by atoms with Crippen LogP contribution < -0.4 is 5.36 Å². The van der Waals surface area contributed by atoms with Gasteiger partial charge in [-0.1, -0.05) is 0 Å². The van der Waals surface area contributed by atoms with Gasteiger partial charge < -0.3 is 10.6 Å². The Kier molecular flexibility index (Phi) is 1.22. The fraction of sp³-hybridized carbons (Fsp3) is 0. The molecule has 0 bridgehead atoms. The lowest BCUT2D eigenvalue weighted by atomic mass is 10.2. The Hall–Kier alpha value is -1.29. The molecule has 3 nitrogen and oxygen atoms in total. The number of nitrogens with one attached hydrogen (secondary N) is 1. The molecule has 0 saturated carbocycles. The molecule has 0 aromatic carbocycles. The standard InChI is InChI=1S/C7H6N2OS/c8-6-2-1-5-4-9(10)11-7(5)3-6/h1-4,8,10H. The van der Waals surface area contributed by atoms with Gasteiger partial charge in [0, 0.05) is 5.56 Å². The van der Waals surface area contributed by atoms with Crippen molar-refractivity contribution in [3.63, 3.8) is 0 Å². The van der Waals surface area contributed by atoms with Gasteiger partial charge in [-0.25, -0.2) is 0 Å². The molecule has 0 aromatic rings. The summed E-state index contributed by atoms with van der Waals surface area (Å²) in [5.41, 5.74) is 0.966. The Morgan fingerprint density at radius 3 is 3.09 bits per heavy atom. The summed E-state index contributed by atoms with van der Waals surface area (Å²) in [5, 5.41) is 16.8. The Labute approximate surface area is 67.1 Å². The Morgan fingerprint density at radius 1 is 1.45 bits per heavy atom. The number of nitrogens with zero attached hydrogens (tertiary/aromatic N) is 1. The van der Waals surface area contributed by atoms with Crippen LogP contribution in [0, 0.1) is 5.41 Å². The third-order valence-electron chi connectivity index (χ3n) is 1.45. The summed E-state index contributed by atoms with van der Waals surface area (Å²) in [6.07, 6.45) is 1.62. The molecule has 0 amide bonds. The zero-order chi connectivity index (χ0) is 7.84. The Bertz CT molecular complexity index is 403. The minimum atomic E-state index is 0.472. The average molecular weight is 166 g/mol. The van der Waals surface area contributed by atoms with Crippen LogP contribution in [0.25, 0.3) is 10.4 Å². The SMILES string of the molecule is N=c1ccc2cn(O)sc-2c1. The van der Waals surface area contributed by atoms with Crippen molar-refractivity contribution in [1.82, 2.24) is 4.12 Å². The van der Waals surface area contributed by atoms with E-state index in [1.54, 1.807) is 18.3 Å². The zero-order valence-corrected chi connectivity index (χ0v) is 6.43. The Balaban J connectivity index is 2.82. The molecule has 0 aromatic heterocycles. The summed E-state index contributed by atoms with van der Waals surface area (Å²) in [4.78, 5) is 0.931. The van der Waals surface area contributed by atoms with Crippen LogP contribution in [0.15, 0.2) is 24.4 Å². The van der Waals surface area contributed by atoms with Crippen LogP contribution in [0.5, 0.6) is 0 Å². The van der Waals surface area contributed by atoms with Crippen LogP contribution in [0.2, 0.25) is 0 Å². The molecule has 0 spiro atoms. The van der Waals surface area contributed by atoms with E-state index in [0.29, 0.717) is 5.36 Å². The fourth-order valence-electron chi connectivity index (χ4n) is 0.966. The monoisotopic (exact) mass is 166 g/mol. The molecule has 0 atom stereocenters. The van der Waals surface area contributed by atoms with E-state index in [0.717, 1.165) is 14.6 Å². The van der Waals surface area contributed by atoms with Crippen LogP contribution in [-0.2, 0) is 0 Å². The fourth-order valence-corrected chi connectivity index (χ4v) is 1.74. The summed E-state index contributed by atoms with van der Waals surface area (Å²) >= 11 is 1.22. The van der Waals surface area contributed by atoms with Crippen molar-refractivity contribution in [2.75, 3.05) is 0 Å². The highest BCUT2D eigenvalue weighted by Crippen LogP contribution is 2.24. The second-order valence-electron chi connectivity index (χ2n) is 2.28. The lowest BCUT2D eigenvalue weighted by molar-refractivity contribution is 0.219. The molecule has 2 N–H and O–H groups in total. The van der Waals surface area contributed by atoms with E-state index >= 15 is 0 Å². The van der Waals surface area contributed by atoms with Crippen molar-refractivity contribution in [2.24, 2.45) is 0 Å². The summed E-state index contributed by atoms with van der Waals surface area (Å²) < 4.78 is 1.05. The van der Waals surface area contributed by atoms with Crippen molar-refractivity contribution in [2.45, 2.75) is 0 Å². The molecule has 0 unspecified atom stereocenters. The average Bonchev–Trinajstić information content (AvgIpc) is 2.27. The molecule has 4 heteroatoms. The predicted octanol–water partition coefficient (Wildman–Crippen LogP) is 1.37. The number of hydrogen-bond acceptors (Lipinski definition) is 3. The van der Waals surface area contributed by atoms with E-state index in [2.05, 4.69) is 0 Å². The van der Waals surface area contributed by atoms with Crippen molar-refractivity contribution < 1.29 is 5.21 Å². The van der Waals surface area contributed by atoms with Crippen LogP contribution in [-0.4, -0.2) is 9.33 Å². The summed E-state index contributed by atoms with van der Waals surface area (Å²) in [5.74, 6) is 0. The van der Waals surface area contributed by atoms with Gasteiger partial charge in [-0.15, -0.1) is 4.12 Å². The molecule has 0 saturated heterocycles. The maximum Gasteiger partial charge on any atom is 0.0642 e. The predicted molar refractivity (Wildman–Crippen MR) is 42.0 cm³/mol. The third kappa shape index (κ3) is 1.01. The van der Waals surface area contributed by atoms with E-state index in [1.807, 2.05) is 6.07 Å². The van der Waals surface area contributed by atoms with Gasteiger partial charge in [-0.2, -0.15) is 0 Å². The van der Waals surface area contributed by atoms with Gasteiger partial charge in [-0.05, 0) is 29.7 Å². The molecule has 1 aliphatic heterocycles. The molecule has 0 radical (unpaired) electrons. The van der Waals surface area contributed by atoms with Crippen molar-refractivity contribution >= 4 is 11.5 Å². The van der Waals surface area contributed by atoms with Crippen LogP contribution >= 0.6 is 11.5 Å². The number of fused-ring (bicyclic) bond motifs is 1. The molecule has 11 heavy (non-hydrogen) atoms. The molecule has 2 aliphatic rings. The number of aromatic nitrogens is 1. The molecule has 1 aliphatic carbocycles. The molecular weight excluding hydrogens is 160 g/mol. The highest BCUT2D eigenvalue weighted by atomic mass is 32.1. The first-order valence-corrected chi connectivity index (χ1v) is 3.90. The first kappa shape index (κ1) is 6.42. The van der Waals surface area contributed by atoms with E-state index in [1.165, 1.54) is 11.5 Å². The van der Waals surface area contributed by atoms with Crippen LogP contribution in [0.1, 0.15) is 0 Å². The first-order valence-electron chi connectivity index (χ1n) is 3.12. The van der Waals surface area contributed by atoms with Crippen molar-refractivity contribution in [3.8, 4) is 10.4 Å². The van der Waals surface area contributed by atoms with Gasteiger partial charge >= 0.3 is 0 Å². The summed E-state index contributed by atoms with van der Waals surface area (Å²) in [6.45, 7) is 0. The number of hydrogen-bond donors (Lipinski definition) is 2. The molecule has 56 valence electrons. The molecule has 0 fully saturated rings. The van der Waals surface area contributed by atoms with Gasteiger partial charge in [-0.3, -0.25) is 0 Å². The third-order valence-corrected chi connectivity index (χ3v) is 2.30. The van der Waals surface area contributed by atoms with Crippen LogP contribution in [0.3, 0.4) is 0 Å². The van der Waals surface area contributed by atoms with E-state index in [9.17, 15) is 0 Å². The lowest BCUT2D eigenvalue weighted by Crippen LogP contribution is -1.94. The van der Waals surface area contributed by atoms with E-state index in [-0.39, 0.29) is 0 Å². The summed E-state index contributed by atoms with van der Waals surface area (Å²) in [6, 6.07) is 5.25.